The largest absolute Gasteiger partial charge is 0.326 e. The molecule has 1 aromatic rings. The molecule has 2 aliphatic carbocycles. The van der Waals surface area contributed by atoms with Gasteiger partial charge in [-0.2, -0.15) is 0 Å². The molecule has 0 unspecified atom stereocenters. The first-order valence-electron chi connectivity index (χ1n) is 8.89. The number of rotatable bonds is 5. The van der Waals surface area contributed by atoms with E-state index in [4.69, 9.17) is 0 Å². The maximum Gasteiger partial charge on any atom is 0.228 e. The van der Waals surface area contributed by atoms with Crippen molar-refractivity contribution in [3.8, 4) is 0 Å². The van der Waals surface area contributed by atoms with Crippen LogP contribution in [0.1, 0.15) is 53.0 Å². The van der Waals surface area contributed by atoms with Gasteiger partial charge in [0.15, 0.2) is 0 Å². The average Bonchev–Trinajstić information content (AvgIpc) is 3.33. The van der Waals surface area contributed by atoms with E-state index in [1.54, 1.807) is 0 Å². The van der Waals surface area contributed by atoms with Crippen LogP contribution in [0.3, 0.4) is 0 Å². The topological polar surface area (TPSA) is 58.2 Å². The molecule has 1 aromatic carbocycles. The number of benzene rings is 1. The van der Waals surface area contributed by atoms with Crippen LogP contribution in [0.15, 0.2) is 18.2 Å². The van der Waals surface area contributed by atoms with Gasteiger partial charge in [-0.15, -0.1) is 0 Å². The smallest absolute Gasteiger partial charge is 0.228 e. The maximum atomic E-state index is 12.4. The van der Waals surface area contributed by atoms with E-state index in [1.165, 1.54) is 0 Å². The minimum absolute atomic E-state index is 0.0847. The van der Waals surface area contributed by atoms with Gasteiger partial charge in [-0.05, 0) is 47.8 Å². The van der Waals surface area contributed by atoms with Crippen molar-refractivity contribution in [1.29, 1.82) is 0 Å². The summed E-state index contributed by atoms with van der Waals surface area (Å²) in [6.07, 6.45) is 2.63. The summed E-state index contributed by atoms with van der Waals surface area (Å²) in [7, 11) is 0. The fourth-order valence-corrected chi connectivity index (χ4v) is 3.47. The van der Waals surface area contributed by atoms with Crippen LogP contribution in [0.25, 0.3) is 0 Å². The molecule has 0 aliphatic heterocycles. The van der Waals surface area contributed by atoms with E-state index in [1.807, 2.05) is 25.1 Å². The van der Waals surface area contributed by atoms with Crippen LogP contribution in [-0.4, -0.2) is 11.8 Å². The molecule has 2 fully saturated rings. The first-order valence-corrected chi connectivity index (χ1v) is 8.89. The summed E-state index contributed by atoms with van der Waals surface area (Å²) >= 11 is 0. The van der Waals surface area contributed by atoms with E-state index >= 15 is 0 Å². The van der Waals surface area contributed by atoms with Crippen LogP contribution < -0.4 is 10.6 Å². The second-order valence-electron chi connectivity index (χ2n) is 8.65. The van der Waals surface area contributed by atoms with E-state index in [-0.39, 0.29) is 34.5 Å². The van der Waals surface area contributed by atoms with Crippen molar-refractivity contribution >= 4 is 23.2 Å². The normalized spacial score (nSPS) is 25.7. The van der Waals surface area contributed by atoms with Crippen molar-refractivity contribution in [3.63, 3.8) is 0 Å². The number of hydrogen-bond acceptors (Lipinski definition) is 2. The summed E-state index contributed by atoms with van der Waals surface area (Å²) in [4.78, 5) is 24.8. The van der Waals surface area contributed by atoms with Crippen LogP contribution in [0.2, 0.25) is 0 Å². The fraction of sp³-hybridized carbons (Fsp3) is 0.600. The molecule has 130 valence electrons. The third-order valence-electron chi connectivity index (χ3n) is 5.71. The van der Waals surface area contributed by atoms with Gasteiger partial charge in [-0.3, -0.25) is 9.59 Å². The Balaban J connectivity index is 1.74. The third kappa shape index (κ3) is 3.19. The van der Waals surface area contributed by atoms with E-state index in [9.17, 15) is 9.59 Å². The lowest BCUT2D eigenvalue weighted by molar-refractivity contribution is -0.118. The van der Waals surface area contributed by atoms with Crippen molar-refractivity contribution in [3.05, 3.63) is 23.8 Å². The molecule has 0 bridgehead atoms. The highest BCUT2D eigenvalue weighted by atomic mass is 16.2. The zero-order valence-corrected chi connectivity index (χ0v) is 15.3. The van der Waals surface area contributed by atoms with Gasteiger partial charge in [-0.25, -0.2) is 0 Å². The molecule has 4 heteroatoms. The zero-order valence-electron chi connectivity index (χ0n) is 15.3. The molecule has 0 saturated heterocycles. The number of hydrogen-bond donors (Lipinski definition) is 2. The second-order valence-corrected chi connectivity index (χ2v) is 8.65. The summed E-state index contributed by atoms with van der Waals surface area (Å²) < 4.78 is 0. The quantitative estimate of drug-likeness (QED) is 0.850. The molecule has 2 amide bonds. The number of carbonyl (C=O) groups excluding carboxylic acids is 2. The number of anilines is 2. The Morgan fingerprint density at radius 1 is 0.958 bits per heavy atom. The fourth-order valence-electron chi connectivity index (χ4n) is 3.47. The molecule has 2 saturated carbocycles. The van der Waals surface area contributed by atoms with E-state index in [2.05, 4.69) is 38.3 Å². The first kappa shape index (κ1) is 17.0. The van der Waals surface area contributed by atoms with Crippen LogP contribution in [0.4, 0.5) is 11.4 Å². The van der Waals surface area contributed by atoms with Gasteiger partial charge >= 0.3 is 0 Å². The minimum atomic E-state index is 0.0847. The summed E-state index contributed by atoms with van der Waals surface area (Å²) in [5.74, 6) is 0.350. The number of nitrogens with one attached hydrogen (secondary N) is 2. The number of amides is 2. The van der Waals surface area contributed by atoms with Crippen LogP contribution in [0.5, 0.6) is 0 Å². The average molecular weight is 328 g/mol. The van der Waals surface area contributed by atoms with Crippen molar-refractivity contribution in [2.45, 2.75) is 53.9 Å². The predicted octanol–water partition coefficient (Wildman–Crippen LogP) is 4.22. The Morgan fingerprint density at radius 3 is 1.62 bits per heavy atom. The molecule has 2 aliphatic rings. The first-order chi connectivity index (χ1) is 11.2. The van der Waals surface area contributed by atoms with E-state index < -0.39 is 0 Å². The van der Waals surface area contributed by atoms with E-state index in [0.29, 0.717) is 0 Å². The summed E-state index contributed by atoms with van der Waals surface area (Å²) in [6, 6.07) is 5.73. The summed E-state index contributed by atoms with van der Waals surface area (Å²) in [6.45, 7) is 10.5. The lowest BCUT2D eigenvalue weighted by atomic mass is 10.1. The molecule has 3 rings (SSSR count). The highest BCUT2D eigenvalue weighted by Crippen LogP contribution is 2.53. The monoisotopic (exact) mass is 328 g/mol. The van der Waals surface area contributed by atoms with Gasteiger partial charge in [0, 0.05) is 23.2 Å². The van der Waals surface area contributed by atoms with Gasteiger partial charge in [0.25, 0.3) is 0 Å². The van der Waals surface area contributed by atoms with Crippen LogP contribution >= 0.6 is 0 Å². The standard InChI is InChI=1S/C20H28N2O2/c1-6-12-15(21-17(23)13-10-19(13,2)3)8-7-9-16(12)22-18(24)14-11-20(14,4)5/h7-9,13-14H,6,10-11H2,1-5H3,(H,21,23)(H,22,24)/t13-,14-/m1/s1. The third-order valence-corrected chi connectivity index (χ3v) is 5.71. The maximum absolute atomic E-state index is 12.4. The Kier molecular flexibility index (Phi) is 3.97. The zero-order chi connectivity index (χ0) is 17.7. The molecule has 0 aromatic heterocycles. The lowest BCUT2D eigenvalue weighted by Gasteiger charge is -2.16. The predicted molar refractivity (Wildman–Crippen MR) is 96.9 cm³/mol. The molecule has 24 heavy (non-hydrogen) atoms. The Morgan fingerprint density at radius 2 is 1.33 bits per heavy atom. The Labute approximate surface area is 144 Å². The summed E-state index contributed by atoms with van der Waals surface area (Å²) in [5, 5.41) is 6.13. The number of carbonyl (C=O) groups is 2. The van der Waals surface area contributed by atoms with Gasteiger partial charge < -0.3 is 10.6 Å². The van der Waals surface area contributed by atoms with Crippen molar-refractivity contribution in [1.82, 2.24) is 0 Å². The van der Waals surface area contributed by atoms with Gasteiger partial charge in [0.1, 0.15) is 0 Å². The van der Waals surface area contributed by atoms with Crippen molar-refractivity contribution < 1.29 is 9.59 Å². The van der Waals surface area contributed by atoms with Crippen LogP contribution in [-0.2, 0) is 16.0 Å². The van der Waals surface area contributed by atoms with Crippen molar-refractivity contribution in [2.75, 3.05) is 10.6 Å². The highest BCUT2D eigenvalue weighted by molar-refractivity contribution is 5.99. The molecular weight excluding hydrogens is 300 g/mol. The van der Waals surface area contributed by atoms with Gasteiger partial charge in [0.05, 0.1) is 0 Å². The van der Waals surface area contributed by atoms with Crippen molar-refractivity contribution in [2.24, 2.45) is 22.7 Å². The summed E-state index contributed by atoms with van der Waals surface area (Å²) in [5.41, 5.74) is 2.85. The van der Waals surface area contributed by atoms with E-state index in [0.717, 1.165) is 36.2 Å². The molecule has 0 heterocycles. The SMILES string of the molecule is CCc1c(NC(=O)[C@H]2CC2(C)C)cccc1NC(=O)[C@H]1CC1(C)C. The highest BCUT2D eigenvalue weighted by Gasteiger charge is 2.51. The Hall–Kier alpha value is -1.84. The minimum Gasteiger partial charge on any atom is -0.326 e. The molecule has 2 atom stereocenters. The molecule has 4 nitrogen and oxygen atoms in total. The molecule has 0 spiro atoms. The van der Waals surface area contributed by atoms with Gasteiger partial charge in [0.2, 0.25) is 11.8 Å². The van der Waals surface area contributed by atoms with Gasteiger partial charge in [-0.1, -0.05) is 40.7 Å². The molecular formula is C20H28N2O2. The lowest BCUT2D eigenvalue weighted by Crippen LogP contribution is -2.20. The molecule has 0 radical (unpaired) electrons. The Bertz CT molecular complexity index is 637. The second kappa shape index (κ2) is 5.61. The molecule has 2 N–H and O–H groups in total. The van der Waals surface area contributed by atoms with Crippen LogP contribution in [0, 0.1) is 22.7 Å².